The molecular formula is C29H31N5O4. The maximum Gasteiger partial charge on any atom is 0.410 e. The Hall–Kier alpha value is -4.14. The number of nitrogens with zero attached hydrogens (tertiary/aromatic N) is 5. The van der Waals surface area contributed by atoms with Crippen molar-refractivity contribution in [2.75, 3.05) is 19.7 Å². The molecular weight excluding hydrogens is 482 g/mol. The van der Waals surface area contributed by atoms with E-state index in [0.29, 0.717) is 19.7 Å². The van der Waals surface area contributed by atoms with Crippen molar-refractivity contribution in [2.45, 2.75) is 52.7 Å². The van der Waals surface area contributed by atoms with Gasteiger partial charge in [0, 0.05) is 23.9 Å². The first-order chi connectivity index (χ1) is 18.2. The van der Waals surface area contributed by atoms with Crippen LogP contribution in [0.25, 0.3) is 27.7 Å². The molecule has 0 radical (unpaired) electrons. The van der Waals surface area contributed by atoms with Gasteiger partial charge in [0.1, 0.15) is 35.4 Å². The zero-order valence-electron chi connectivity index (χ0n) is 22.3. The average Bonchev–Trinajstić information content (AvgIpc) is 3.45. The van der Waals surface area contributed by atoms with Crippen LogP contribution in [-0.2, 0) is 4.74 Å². The molecule has 0 aliphatic carbocycles. The zero-order valence-corrected chi connectivity index (χ0v) is 22.3. The Balaban J connectivity index is 1.51. The summed E-state index contributed by atoms with van der Waals surface area (Å²) < 4.78 is 19.8. The molecule has 3 aromatic heterocycles. The third kappa shape index (κ3) is 4.12. The minimum absolute atomic E-state index is 0.179. The number of hydrogen-bond acceptors (Lipinski definition) is 7. The highest BCUT2D eigenvalue weighted by Gasteiger charge is 2.34. The van der Waals surface area contributed by atoms with Crippen LogP contribution in [0.15, 0.2) is 47.1 Å². The van der Waals surface area contributed by atoms with E-state index in [-0.39, 0.29) is 12.1 Å². The van der Waals surface area contributed by atoms with Crippen LogP contribution in [0.1, 0.15) is 56.2 Å². The van der Waals surface area contributed by atoms with Crippen LogP contribution in [0.5, 0.6) is 5.75 Å². The van der Waals surface area contributed by atoms with Crippen molar-refractivity contribution in [2.24, 2.45) is 0 Å². The zero-order chi connectivity index (χ0) is 26.6. The van der Waals surface area contributed by atoms with Gasteiger partial charge in [0.25, 0.3) is 0 Å². The van der Waals surface area contributed by atoms with Crippen molar-refractivity contribution in [3.05, 3.63) is 65.6 Å². The van der Waals surface area contributed by atoms with E-state index in [2.05, 4.69) is 20.8 Å². The first kappa shape index (κ1) is 24.2. The van der Waals surface area contributed by atoms with Crippen molar-refractivity contribution >= 4 is 22.7 Å². The fourth-order valence-corrected chi connectivity index (χ4v) is 5.31. The summed E-state index contributed by atoms with van der Waals surface area (Å²) in [5, 5.41) is 4.16. The van der Waals surface area contributed by atoms with E-state index in [4.69, 9.17) is 19.0 Å². The van der Waals surface area contributed by atoms with Gasteiger partial charge in [-0.25, -0.2) is 9.78 Å². The average molecular weight is 514 g/mol. The second-order valence-corrected chi connectivity index (χ2v) is 10.8. The Morgan fingerprint density at radius 2 is 2.00 bits per heavy atom. The fraction of sp³-hybridized carbons (Fsp3) is 0.379. The van der Waals surface area contributed by atoms with Crippen LogP contribution in [0.2, 0.25) is 0 Å². The standard InChI is InChI=1S/C29H31N5O4/c1-17-24(18(2)38-32-17)20-11-12-22-25-26(20)36-16-23(21-10-6-7-13-30-21)34(25)27(31-22)19-9-8-14-33(15-19)28(35)37-29(3,4)5/h6-7,9-13,23H,8,14-16H2,1-5H3. The highest BCUT2D eigenvalue weighted by molar-refractivity contribution is 5.94. The number of aryl methyl sites for hydroxylation is 2. The Kier molecular flexibility index (Phi) is 5.74. The van der Waals surface area contributed by atoms with Gasteiger partial charge >= 0.3 is 6.09 Å². The second-order valence-electron chi connectivity index (χ2n) is 10.8. The molecule has 2 aliphatic heterocycles. The van der Waals surface area contributed by atoms with E-state index in [1.807, 2.05) is 65.0 Å². The highest BCUT2D eigenvalue weighted by atomic mass is 16.6. The quantitative estimate of drug-likeness (QED) is 0.346. The number of hydrogen-bond donors (Lipinski definition) is 0. The summed E-state index contributed by atoms with van der Waals surface area (Å²) in [6.07, 6.45) is 4.37. The molecule has 1 unspecified atom stereocenters. The smallest absolute Gasteiger partial charge is 0.410 e. The van der Waals surface area contributed by atoms with Gasteiger partial charge in [-0.05, 0) is 65.3 Å². The molecule has 0 fully saturated rings. The van der Waals surface area contributed by atoms with E-state index in [9.17, 15) is 4.79 Å². The molecule has 0 bridgehead atoms. The number of imidazole rings is 1. The summed E-state index contributed by atoms with van der Waals surface area (Å²) in [5.41, 5.74) is 5.69. The summed E-state index contributed by atoms with van der Waals surface area (Å²) in [5.74, 6) is 2.30. The molecule has 6 rings (SSSR count). The number of rotatable bonds is 3. The van der Waals surface area contributed by atoms with Gasteiger partial charge in [-0.15, -0.1) is 0 Å². The maximum absolute atomic E-state index is 12.9. The van der Waals surface area contributed by atoms with Gasteiger partial charge in [0.15, 0.2) is 5.75 Å². The van der Waals surface area contributed by atoms with E-state index in [1.165, 1.54) is 0 Å². The third-order valence-electron chi connectivity index (χ3n) is 6.92. The lowest BCUT2D eigenvalue weighted by molar-refractivity contribution is 0.0272. The van der Waals surface area contributed by atoms with E-state index >= 15 is 0 Å². The molecule has 1 amide bonds. The van der Waals surface area contributed by atoms with Crippen molar-refractivity contribution < 1.29 is 18.8 Å². The third-order valence-corrected chi connectivity index (χ3v) is 6.92. The Labute approximate surface area is 221 Å². The SMILES string of the molecule is Cc1noc(C)c1-c1ccc2nc(C3=CCCN(C(=O)OC(C)(C)C)C3)n3c2c1OCC3c1ccccn1. The number of benzene rings is 1. The molecule has 0 spiro atoms. The van der Waals surface area contributed by atoms with E-state index < -0.39 is 5.60 Å². The normalized spacial score (nSPS) is 17.3. The number of carbonyl (C=O) groups is 1. The summed E-state index contributed by atoms with van der Waals surface area (Å²) >= 11 is 0. The number of ether oxygens (including phenoxy) is 2. The van der Waals surface area contributed by atoms with Gasteiger partial charge in [-0.3, -0.25) is 4.98 Å². The van der Waals surface area contributed by atoms with Crippen molar-refractivity contribution in [3.63, 3.8) is 0 Å². The summed E-state index contributed by atoms with van der Waals surface area (Å²) in [6, 6.07) is 9.75. The van der Waals surface area contributed by atoms with E-state index in [0.717, 1.165) is 62.9 Å². The summed E-state index contributed by atoms with van der Waals surface area (Å²) in [6.45, 7) is 10.9. The maximum atomic E-state index is 12.9. The lowest BCUT2D eigenvalue weighted by Gasteiger charge is -2.32. The Bertz CT molecular complexity index is 1540. The second kappa shape index (κ2) is 9.01. The minimum Gasteiger partial charge on any atom is -0.488 e. The van der Waals surface area contributed by atoms with Gasteiger partial charge in [0.05, 0.1) is 29.0 Å². The summed E-state index contributed by atoms with van der Waals surface area (Å²) in [7, 11) is 0. The molecule has 1 atom stereocenters. The molecule has 0 saturated carbocycles. The van der Waals surface area contributed by atoms with E-state index in [1.54, 1.807) is 11.1 Å². The largest absolute Gasteiger partial charge is 0.488 e. The molecule has 5 heterocycles. The molecule has 2 aliphatic rings. The first-order valence-corrected chi connectivity index (χ1v) is 12.9. The predicted molar refractivity (Wildman–Crippen MR) is 143 cm³/mol. The lowest BCUT2D eigenvalue weighted by atomic mass is 10.0. The predicted octanol–water partition coefficient (Wildman–Crippen LogP) is 5.71. The van der Waals surface area contributed by atoms with Crippen molar-refractivity contribution in [1.82, 2.24) is 24.6 Å². The van der Waals surface area contributed by atoms with Crippen LogP contribution < -0.4 is 4.74 Å². The minimum atomic E-state index is -0.558. The summed E-state index contributed by atoms with van der Waals surface area (Å²) in [4.78, 5) is 24.4. The van der Waals surface area contributed by atoms with Crippen molar-refractivity contribution in [1.29, 1.82) is 0 Å². The molecule has 0 saturated heterocycles. The number of amides is 1. The molecule has 9 heteroatoms. The highest BCUT2D eigenvalue weighted by Crippen LogP contribution is 2.45. The van der Waals surface area contributed by atoms with Gasteiger partial charge in [-0.2, -0.15) is 0 Å². The van der Waals surface area contributed by atoms with Crippen LogP contribution in [0.3, 0.4) is 0 Å². The monoisotopic (exact) mass is 513 g/mol. The van der Waals surface area contributed by atoms with Gasteiger partial charge < -0.3 is 23.5 Å². The van der Waals surface area contributed by atoms with Crippen LogP contribution in [0, 0.1) is 13.8 Å². The van der Waals surface area contributed by atoms with Crippen LogP contribution in [0.4, 0.5) is 4.79 Å². The number of carbonyl (C=O) groups excluding carboxylic acids is 1. The molecule has 38 heavy (non-hydrogen) atoms. The molecule has 4 aromatic rings. The van der Waals surface area contributed by atoms with Crippen LogP contribution >= 0.6 is 0 Å². The number of aromatic nitrogens is 4. The molecule has 1 aromatic carbocycles. The molecule has 0 N–H and O–H groups in total. The van der Waals surface area contributed by atoms with Crippen molar-refractivity contribution in [3.8, 4) is 16.9 Å². The Morgan fingerprint density at radius 1 is 1.16 bits per heavy atom. The Morgan fingerprint density at radius 3 is 2.71 bits per heavy atom. The van der Waals surface area contributed by atoms with Gasteiger partial charge in [0.2, 0.25) is 0 Å². The fourth-order valence-electron chi connectivity index (χ4n) is 5.31. The number of pyridine rings is 1. The van der Waals surface area contributed by atoms with Gasteiger partial charge in [-0.1, -0.05) is 17.3 Å². The lowest BCUT2D eigenvalue weighted by Crippen LogP contribution is -2.40. The van der Waals surface area contributed by atoms with Crippen LogP contribution in [-0.4, -0.2) is 56.0 Å². The first-order valence-electron chi connectivity index (χ1n) is 12.9. The molecule has 9 nitrogen and oxygen atoms in total. The topological polar surface area (TPSA) is 95.5 Å². The molecule has 196 valence electrons.